The standard InChI is InChI=1S/C12H11BrFN3O/c1-15-12-6-16-9(5-17-12)7-18-11-4-8(14)2-3-10(11)13/h2-6H,7H2,1H3,(H,15,17). The van der Waals surface area contributed by atoms with Gasteiger partial charge in [-0.15, -0.1) is 0 Å². The van der Waals surface area contributed by atoms with Crippen molar-refractivity contribution in [2.75, 3.05) is 12.4 Å². The molecule has 4 nitrogen and oxygen atoms in total. The van der Waals surface area contributed by atoms with Gasteiger partial charge >= 0.3 is 0 Å². The number of nitrogens with zero attached hydrogens (tertiary/aromatic N) is 2. The van der Waals surface area contributed by atoms with Crippen molar-refractivity contribution in [3.8, 4) is 5.75 Å². The largest absolute Gasteiger partial charge is 0.486 e. The second-order valence-electron chi connectivity index (χ2n) is 3.51. The van der Waals surface area contributed by atoms with E-state index in [2.05, 4.69) is 31.2 Å². The van der Waals surface area contributed by atoms with Crippen molar-refractivity contribution in [2.45, 2.75) is 6.61 Å². The predicted molar refractivity (Wildman–Crippen MR) is 70.0 cm³/mol. The highest BCUT2D eigenvalue weighted by molar-refractivity contribution is 9.10. The van der Waals surface area contributed by atoms with Crippen molar-refractivity contribution in [1.29, 1.82) is 0 Å². The highest BCUT2D eigenvalue weighted by Gasteiger charge is 2.04. The summed E-state index contributed by atoms with van der Waals surface area (Å²) in [6, 6.07) is 4.28. The third-order valence-electron chi connectivity index (χ3n) is 2.23. The van der Waals surface area contributed by atoms with Gasteiger partial charge in [0.25, 0.3) is 0 Å². The van der Waals surface area contributed by atoms with E-state index < -0.39 is 0 Å². The summed E-state index contributed by atoms with van der Waals surface area (Å²) >= 11 is 3.29. The van der Waals surface area contributed by atoms with Crippen LogP contribution in [0.5, 0.6) is 5.75 Å². The number of hydrogen-bond donors (Lipinski definition) is 1. The Labute approximate surface area is 112 Å². The quantitative estimate of drug-likeness (QED) is 0.943. The zero-order chi connectivity index (χ0) is 13.0. The molecule has 94 valence electrons. The average molecular weight is 312 g/mol. The number of ether oxygens (including phenoxy) is 1. The first-order valence-corrected chi connectivity index (χ1v) is 6.05. The normalized spacial score (nSPS) is 10.2. The van der Waals surface area contributed by atoms with Crippen LogP contribution in [0, 0.1) is 5.82 Å². The summed E-state index contributed by atoms with van der Waals surface area (Å²) in [5, 5.41) is 2.87. The third-order valence-corrected chi connectivity index (χ3v) is 2.89. The van der Waals surface area contributed by atoms with Gasteiger partial charge < -0.3 is 10.1 Å². The Balaban J connectivity index is 2.04. The first-order chi connectivity index (χ1) is 8.69. The first kappa shape index (κ1) is 12.8. The van der Waals surface area contributed by atoms with E-state index in [0.717, 1.165) is 0 Å². The average Bonchev–Trinajstić information content (AvgIpc) is 2.40. The minimum Gasteiger partial charge on any atom is -0.486 e. The van der Waals surface area contributed by atoms with E-state index >= 15 is 0 Å². The molecular weight excluding hydrogens is 301 g/mol. The van der Waals surface area contributed by atoms with Crippen LogP contribution in [0.1, 0.15) is 5.69 Å². The molecule has 0 saturated carbocycles. The van der Waals surface area contributed by atoms with Crippen LogP contribution < -0.4 is 10.1 Å². The summed E-state index contributed by atoms with van der Waals surface area (Å²) in [7, 11) is 1.77. The van der Waals surface area contributed by atoms with Gasteiger partial charge in [0, 0.05) is 13.1 Å². The molecule has 2 rings (SSSR count). The zero-order valence-corrected chi connectivity index (χ0v) is 11.2. The molecule has 1 heterocycles. The number of nitrogens with one attached hydrogen (secondary N) is 1. The molecule has 2 aromatic rings. The number of benzene rings is 1. The van der Waals surface area contributed by atoms with E-state index in [1.54, 1.807) is 25.5 Å². The van der Waals surface area contributed by atoms with Gasteiger partial charge in [-0.1, -0.05) is 0 Å². The van der Waals surface area contributed by atoms with Crippen LogP contribution in [0.25, 0.3) is 0 Å². The number of rotatable bonds is 4. The highest BCUT2D eigenvalue weighted by atomic mass is 79.9. The molecule has 0 aliphatic carbocycles. The number of aromatic nitrogens is 2. The van der Waals surface area contributed by atoms with Crippen LogP contribution in [0.3, 0.4) is 0 Å². The lowest BCUT2D eigenvalue weighted by atomic mass is 10.3. The summed E-state index contributed by atoms with van der Waals surface area (Å²) in [6.07, 6.45) is 3.22. The van der Waals surface area contributed by atoms with Crippen molar-refractivity contribution in [1.82, 2.24) is 9.97 Å². The molecule has 0 unspecified atom stereocenters. The summed E-state index contributed by atoms with van der Waals surface area (Å²) in [4.78, 5) is 8.27. The van der Waals surface area contributed by atoms with E-state index in [4.69, 9.17) is 4.74 Å². The van der Waals surface area contributed by atoms with Crippen molar-refractivity contribution in [3.05, 3.63) is 46.6 Å². The number of anilines is 1. The maximum absolute atomic E-state index is 13.0. The molecule has 1 N–H and O–H groups in total. The Morgan fingerprint density at radius 2 is 2.17 bits per heavy atom. The summed E-state index contributed by atoms with van der Waals surface area (Å²) < 4.78 is 19.2. The molecule has 0 bridgehead atoms. The fourth-order valence-electron chi connectivity index (χ4n) is 1.30. The Kier molecular flexibility index (Phi) is 4.09. The van der Waals surface area contributed by atoms with Crippen LogP contribution >= 0.6 is 15.9 Å². The van der Waals surface area contributed by atoms with Gasteiger partial charge in [0.1, 0.15) is 24.0 Å². The number of hydrogen-bond acceptors (Lipinski definition) is 4. The van der Waals surface area contributed by atoms with Crippen molar-refractivity contribution < 1.29 is 9.13 Å². The minimum absolute atomic E-state index is 0.235. The van der Waals surface area contributed by atoms with Crippen molar-refractivity contribution >= 4 is 21.7 Å². The van der Waals surface area contributed by atoms with Gasteiger partial charge in [0.05, 0.1) is 22.6 Å². The molecule has 0 radical (unpaired) electrons. The van der Waals surface area contributed by atoms with Crippen LogP contribution in [-0.2, 0) is 6.61 Å². The lowest BCUT2D eigenvalue weighted by Gasteiger charge is -2.08. The van der Waals surface area contributed by atoms with Gasteiger partial charge in [0.15, 0.2) is 0 Å². The zero-order valence-electron chi connectivity index (χ0n) is 9.65. The van der Waals surface area contributed by atoms with Gasteiger partial charge in [-0.3, -0.25) is 4.98 Å². The van der Waals surface area contributed by atoms with Gasteiger partial charge in [-0.25, -0.2) is 9.37 Å². The highest BCUT2D eigenvalue weighted by Crippen LogP contribution is 2.26. The Morgan fingerprint density at radius 1 is 1.33 bits per heavy atom. The third kappa shape index (κ3) is 3.16. The van der Waals surface area contributed by atoms with Crippen molar-refractivity contribution in [3.63, 3.8) is 0 Å². The van der Waals surface area contributed by atoms with Crippen molar-refractivity contribution in [2.24, 2.45) is 0 Å². The first-order valence-electron chi connectivity index (χ1n) is 5.25. The van der Waals surface area contributed by atoms with Crippen LogP contribution in [-0.4, -0.2) is 17.0 Å². The minimum atomic E-state index is -0.343. The fraction of sp³-hybridized carbons (Fsp3) is 0.167. The molecule has 0 saturated heterocycles. The molecular formula is C12H11BrFN3O. The van der Waals surface area contributed by atoms with Crippen LogP contribution in [0.4, 0.5) is 10.2 Å². The molecule has 0 aliphatic heterocycles. The molecule has 6 heteroatoms. The van der Waals surface area contributed by atoms with E-state index in [-0.39, 0.29) is 12.4 Å². The lowest BCUT2D eigenvalue weighted by molar-refractivity contribution is 0.297. The van der Waals surface area contributed by atoms with E-state index in [9.17, 15) is 4.39 Å². The van der Waals surface area contributed by atoms with Crippen LogP contribution in [0.15, 0.2) is 35.1 Å². The monoisotopic (exact) mass is 311 g/mol. The molecule has 0 atom stereocenters. The molecule has 18 heavy (non-hydrogen) atoms. The molecule has 0 spiro atoms. The molecule has 0 fully saturated rings. The Morgan fingerprint density at radius 3 is 2.83 bits per heavy atom. The summed E-state index contributed by atoms with van der Waals surface area (Å²) in [6.45, 7) is 0.235. The molecule has 1 aromatic carbocycles. The fourth-order valence-corrected chi connectivity index (χ4v) is 1.66. The second-order valence-corrected chi connectivity index (χ2v) is 4.36. The smallest absolute Gasteiger partial charge is 0.144 e. The van der Waals surface area contributed by atoms with E-state index in [1.165, 1.54) is 12.1 Å². The summed E-state index contributed by atoms with van der Waals surface area (Å²) in [5.74, 6) is 0.782. The maximum Gasteiger partial charge on any atom is 0.144 e. The predicted octanol–water partition coefficient (Wildman–Crippen LogP) is 3.00. The second kappa shape index (κ2) is 5.77. The topological polar surface area (TPSA) is 47.0 Å². The van der Waals surface area contributed by atoms with E-state index in [1.807, 2.05) is 0 Å². The number of halogens is 2. The van der Waals surface area contributed by atoms with Gasteiger partial charge in [-0.2, -0.15) is 0 Å². The summed E-state index contributed by atoms with van der Waals surface area (Å²) in [5.41, 5.74) is 0.671. The Bertz CT molecular complexity index is 533. The lowest BCUT2D eigenvalue weighted by Crippen LogP contribution is -2.01. The molecule has 0 aliphatic rings. The van der Waals surface area contributed by atoms with E-state index in [0.29, 0.717) is 21.7 Å². The van der Waals surface area contributed by atoms with Crippen LogP contribution in [0.2, 0.25) is 0 Å². The van der Waals surface area contributed by atoms with Gasteiger partial charge in [0.2, 0.25) is 0 Å². The Hall–Kier alpha value is -1.69. The molecule has 1 aromatic heterocycles. The SMILES string of the molecule is CNc1cnc(COc2cc(F)ccc2Br)cn1. The maximum atomic E-state index is 13.0. The van der Waals surface area contributed by atoms with Gasteiger partial charge in [-0.05, 0) is 28.1 Å². The molecule has 0 amide bonds.